The minimum absolute atomic E-state index is 0.306. The van der Waals surface area contributed by atoms with E-state index in [2.05, 4.69) is 11.9 Å². The molecule has 0 bridgehead atoms. The van der Waals surface area contributed by atoms with Crippen molar-refractivity contribution in [2.45, 2.75) is 55.3 Å². The zero-order valence-electron chi connectivity index (χ0n) is 10.8. The molecule has 0 saturated heterocycles. The summed E-state index contributed by atoms with van der Waals surface area (Å²) in [5.41, 5.74) is 6.24. The molecule has 4 heteroatoms. The molecule has 3 unspecified atom stereocenters. The lowest BCUT2D eigenvalue weighted by Gasteiger charge is -2.33. The first-order chi connectivity index (χ1) is 8.69. The predicted octanol–water partition coefficient (Wildman–Crippen LogP) is 4.12. The van der Waals surface area contributed by atoms with Gasteiger partial charge in [0.05, 0.1) is 10.0 Å². The molecule has 2 nitrogen and oxygen atoms in total. The number of halogens is 1. The van der Waals surface area contributed by atoms with Gasteiger partial charge in [-0.1, -0.05) is 31.4 Å². The second-order valence-corrected chi connectivity index (χ2v) is 6.80. The lowest BCUT2D eigenvalue weighted by atomic mass is 9.83. The van der Waals surface area contributed by atoms with Crippen LogP contribution in [-0.2, 0) is 0 Å². The van der Waals surface area contributed by atoms with Gasteiger partial charge in [-0.15, -0.1) is 11.8 Å². The summed E-state index contributed by atoms with van der Waals surface area (Å²) in [7, 11) is 0. The molecular weight excluding hydrogens is 264 g/mol. The van der Waals surface area contributed by atoms with Crippen molar-refractivity contribution in [2.24, 2.45) is 11.7 Å². The van der Waals surface area contributed by atoms with Gasteiger partial charge in [0.2, 0.25) is 0 Å². The maximum atomic E-state index is 6.24. The SMILES string of the molecule is CCCC1CCC(N)C(Sc2ccc(Cl)cn2)C1. The van der Waals surface area contributed by atoms with Gasteiger partial charge in [-0.25, -0.2) is 4.98 Å². The van der Waals surface area contributed by atoms with E-state index in [-0.39, 0.29) is 0 Å². The quantitative estimate of drug-likeness (QED) is 0.904. The van der Waals surface area contributed by atoms with Gasteiger partial charge in [-0.2, -0.15) is 0 Å². The fourth-order valence-electron chi connectivity index (χ4n) is 2.63. The average molecular weight is 285 g/mol. The zero-order chi connectivity index (χ0) is 13.0. The largest absolute Gasteiger partial charge is 0.327 e. The van der Waals surface area contributed by atoms with Gasteiger partial charge in [0.15, 0.2) is 0 Å². The summed E-state index contributed by atoms with van der Waals surface area (Å²) in [4.78, 5) is 4.35. The summed E-state index contributed by atoms with van der Waals surface area (Å²) < 4.78 is 0. The van der Waals surface area contributed by atoms with E-state index in [1.54, 1.807) is 6.20 Å². The van der Waals surface area contributed by atoms with Gasteiger partial charge in [0.1, 0.15) is 0 Å². The Bertz CT molecular complexity index is 369. The van der Waals surface area contributed by atoms with Gasteiger partial charge < -0.3 is 5.73 Å². The molecule has 1 saturated carbocycles. The highest BCUT2D eigenvalue weighted by Crippen LogP contribution is 2.36. The molecule has 2 rings (SSSR count). The topological polar surface area (TPSA) is 38.9 Å². The predicted molar refractivity (Wildman–Crippen MR) is 79.1 cm³/mol. The number of rotatable bonds is 4. The monoisotopic (exact) mass is 284 g/mol. The summed E-state index contributed by atoms with van der Waals surface area (Å²) in [5.74, 6) is 0.847. The van der Waals surface area contributed by atoms with Crippen molar-refractivity contribution in [1.82, 2.24) is 4.98 Å². The Hall–Kier alpha value is -0.250. The van der Waals surface area contributed by atoms with Crippen LogP contribution in [0, 0.1) is 5.92 Å². The van der Waals surface area contributed by atoms with Crippen molar-refractivity contribution >= 4 is 23.4 Å². The number of aromatic nitrogens is 1. The van der Waals surface area contributed by atoms with Crippen LogP contribution in [0.3, 0.4) is 0 Å². The molecule has 0 aromatic carbocycles. The van der Waals surface area contributed by atoms with Crippen LogP contribution in [0.25, 0.3) is 0 Å². The van der Waals surface area contributed by atoms with Gasteiger partial charge in [-0.3, -0.25) is 0 Å². The highest BCUT2D eigenvalue weighted by atomic mass is 35.5. The molecule has 18 heavy (non-hydrogen) atoms. The van der Waals surface area contributed by atoms with Crippen LogP contribution in [0.2, 0.25) is 5.02 Å². The van der Waals surface area contributed by atoms with Crippen molar-refractivity contribution in [3.63, 3.8) is 0 Å². The van der Waals surface area contributed by atoms with Crippen LogP contribution >= 0.6 is 23.4 Å². The minimum atomic E-state index is 0.306. The van der Waals surface area contributed by atoms with Gasteiger partial charge in [0.25, 0.3) is 0 Å². The van der Waals surface area contributed by atoms with Crippen molar-refractivity contribution in [3.8, 4) is 0 Å². The maximum Gasteiger partial charge on any atom is 0.0964 e. The number of hydrogen-bond acceptors (Lipinski definition) is 3. The fourth-order valence-corrected chi connectivity index (χ4v) is 3.99. The molecule has 1 heterocycles. The number of nitrogens with zero attached hydrogens (tertiary/aromatic N) is 1. The summed E-state index contributed by atoms with van der Waals surface area (Å²) in [6.07, 6.45) is 7.98. The summed E-state index contributed by atoms with van der Waals surface area (Å²) in [5, 5.41) is 2.23. The lowest BCUT2D eigenvalue weighted by molar-refractivity contribution is 0.316. The Morgan fingerprint density at radius 2 is 2.28 bits per heavy atom. The highest BCUT2D eigenvalue weighted by molar-refractivity contribution is 7.99. The third kappa shape index (κ3) is 3.87. The van der Waals surface area contributed by atoms with E-state index >= 15 is 0 Å². The summed E-state index contributed by atoms with van der Waals surface area (Å²) in [6.45, 7) is 2.26. The molecule has 0 amide bonds. The van der Waals surface area contributed by atoms with E-state index < -0.39 is 0 Å². The molecular formula is C14H21ClN2S. The van der Waals surface area contributed by atoms with Gasteiger partial charge in [0, 0.05) is 17.5 Å². The lowest BCUT2D eigenvalue weighted by Crippen LogP contribution is -2.38. The van der Waals surface area contributed by atoms with E-state index in [9.17, 15) is 0 Å². The molecule has 0 spiro atoms. The van der Waals surface area contributed by atoms with E-state index in [0.717, 1.165) is 17.4 Å². The fraction of sp³-hybridized carbons (Fsp3) is 0.643. The second kappa shape index (κ2) is 6.78. The Balaban J connectivity index is 1.95. The Labute approximate surface area is 119 Å². The minimum Gasteiger partial charge on any atom is -0.327 e. The summed E-state index contributed by atoms with van der Waals surface area (Å²) in [6, 6.07) is 4.19. The molecule has 1 aromatic heterocycles. The molecule has 1 aromatic rings. The molecule has 1 aliphatic rings. The van der Waals surface area contributed by atoms with E-state index in [1.165, 1.54) is 25.7 Å². The van der Waals surface area contributed by atoms with Crippen LogP contribution < -0.4 is 5.73 Å². The van der Waals surface area contributed by atoms with Crippen LogP contribution in [-0.4, -0.2) is 16.3 Å². The second-order valence-electron chi connectivity index (χ2n) is 5.10. The van der Waals surface area contributed by atoms with Gasteiger partial charge in [-0.05, 0) is 37.3 Å². The van der Waals surface area contributed by atoms with Gasteiger partial charge >= 0.3 is 0 Å². The molecule has 1 fully saturated rings. The van der Waals surface area contributed by atoms with Crippen LogP contribution in [0.4, 0.5) is 0 Å². The maximum absolute atomic E-state index is 6.24. The Kier molecular flexibility index (Phi) is 5.34. The van der Waals surface area contributed by atoms with Crippen molar-refractivity contribution in [2.75, 3.05) is 0 Å². The van der Waals surface area contributed by atoms with Crippen molar-refractivity contribution in [1.29, 1.82) is 0 Å². The molecule has 1 aliphatic carbocycles. The Morgan fingerprint density at radius 3 is 2.94 bits per heavy atom. The van der Waals surface area contributed by atoms with E-state index in [4.69, 9.17) is 17.3 Å². The van der Waals surface area contributed by atoms with Crippen molar-refractivity contribution in [3.05, 3.63) is 23.4 Å². The normalized spacial score (nSPS) is 28.3. The summed E-state index contributed by atoms with van der Waals surface area (Å²) >= 11 is 7.67. The van der Waals surface area contributed by atoms with Crippen LogP contribution in [0.5, 0.6) is 0 Å². The molecule has 100 valence electrons. The third-order valence-corrected chi connectivity index (χ3v) is 5.17. The third-order valence-electron chi connectivity index (χ3n) is 3.62. The van der Waals surface area contributed by atoms with Crippen molar-refractivity contribution < 1.29 is 0 Å². The standard InChI is InChI=1S/C14H21ClN2S/c1-2-3-10-4-6-12(16)13(8-10)18-14-7-5-11(15)9-17-14/h5,7,9-10,12-13H,2-4,6,8,16H2,1H3. The average Bonchev–Trinajstić information content (AvgIpc) is 2.36. The Morgan fingerprint density at radius 1 is 1.44 bits per heavy atom. The first-order valence-electron chi connectivity index (χ1n) is 6.72. The first kappa shape index (κ1) is 14.2. The number of pyridine rings is 1. The highest BCUT2D eigenvalue weighted by Gasteiger charge is 2.28. The van der Waals surface area contributed by atoms with E-state index in [1.807, 2.05) is 23.9 Å². The number of thioether (sulfide) groups is 1. The number of nitrogens with two attached hydrogens (primary N) is 1. The first-order valence-corrected chi connectivity index (χ1v) is 7.98. The van der Waals surface area contributed by atoms with E-state index in [0.29, 0.717) is 16.3 Å². The van der Waals surface area contributed by atoms with Crippen LogP contribution in [0.1, 0.15) is 39.0 Å². The molecule has 3 atom stereocenters. The smallest absolute Gasteiger partial charge is 0.0964 e. The number of hydrogen-bond donors (Lipinski definition) is 1. The van der Waals surface area contributed by atoms with Crippen LogP contribution in [0.15, 0.2) is 23.4 Å². The molecule has 0 aliphatic heterocycles. The molecule has 2 N–H and O–H groups in total. The zero-order valence-corrected chi connectivity index (χ0v) is 12.4. The molecule has 0 radical (unpaired) electrons.